The van der Waals surface area contributed by atoms with Gasteiger partial charge in [0.05, 0.1) is 11.5 Å². The number of benzene rings is 1. The van der Waals surface area contributed by atoms with Crippen LogP contribution in [0.4, 0.5) is 5.69 Å². The molecule has 0 amide bonds. The van der Waals surface area contributed by atoms with E-state index in [1.54, 1.807) is 0 Å². The zero-order chi connectivity index (χ0) is 12.8. The number of carbonyl (C=O) groups excluding carboxylic acids is 1. The first-order valence-corrected chi connectivity index (χ1v) is 5.04. The Bertz CT molecular complexity index is 435. The molecule has 0 radical (unpaired) electrons. The molecule has 0 aliphatic rings. The molecule has 0 aromatic heterocycles. The Balaban J connectivity index is 2.94. The molecule has 0 fully saturated rings. The van der Waals surface area contributed by atoms with Crippen molar-refractivity contribution in [1.82, 2.24) is 0 Å². The predicted octanol–water partition coefficient (Wildman–Crippen LogP) is 2.00. The molecule has 0 aliphatic carbocycles. The van der Waals surface area contributed by atoms with Crippen molar-refractivity contribution in [3.05, 3.63) is 33.9 Å². The largest absolute Gasteiger partial charge is 0.491 e. The summed E-state index contributed by atoms with van der Waals surface area (Å²) in [5.41, 5.74) is -0.532. The third-order valence-corrected chi connectivity index (χ3v) is 2.14. The normalized spacial score (nSPS) is 10.0. The maximum absolute atomic E-state index is 11.0. The highest BCUT2D eigenvalue weighted by molar-refractivity contribution is 6.68. The first-order valence-electron chi connectivity index (χ1n) is 4.66. The number of nitro groups is 1. The van der Waals surface area contributed by atoms with Crippen LogP contribution in [0.1, 0.15) is 10.4 Å². The van der Waals surface area contributed by atoms with Crippen molar-refractivity contribution in [2.45, 2.75) is 0 Å². The third-order valence-electron chi connectivity index (χ3n) is 1.93. The summed E-state index contributed by atoms with van der Waals surface area (Å²) in [6.45, 7) is 0.658. The van der Waals surface area contributed by atoms with Crippen LogP contribution in [0.2, 0.25) is 0 Å². The number of hydrogen-bond donors (Lipinski definition) is 0. The molecular formula is C10H10ClNO5. The molecule has 0 heterocycles. The van der Waals surface area contributed by atoms with E-state index in [1.807, 2.05) is 0 Å². The summed E-state index contributed by atoms with van der Waals surface area (Å²) in [5, 5.41) is 9.74. The van der Waals surface area contributed by atoms with E-state index in [9.17, 15) is 14.9 Å². The summed E-state index contributed by atoms with van der Waals surface area (Å²) in [7, 11) is 1.52. The molecular weight excluding hydrogens is 250 g/mol. The fraction of sp³-hybridized carbons (Fsp3) is 0.300. The maximum Gasteiger partial charge on any atom is 0.281 e. The van der Waals surface area contributed by atoms with Gasteiger partial charge in [0, 0.05) is 13.2 Å². The lowest BCUT2D eigenvalue weighted by atomic mass is 10.2. The molecule has 0 spiro atoms. The Hall–Kier alpha value is -1.66. The Morgan fingerprint density at radius 1 is 1.47 bits per heavy atom. The Morgan fingerprint density at radius 3 is 2.71 bits per heavy atom. The van der Waals surface area contributed by atoms with Crippen LogP contribution in [-0.2, 0) is 4.74 Å². The summed E-state index contributed by atoms with van der Waals surface area (Å²) in [5.74, 6) is 0.330. The van der Waals surface area contributed by atoms with Crippen molar-refractivity contribution in [2.24, 2.45) is 0 Å². The number of ether oxygens (including phenoxy) is 2. The molecule has 92 valence electrons. The SMILES string of the molecule is COCCOc1ccc([N+](=O)[O-])c(C(=O)Cl)c1. The average Bonchev–Trinajstić information content (AvgIpc) is 2.29. The molecule has 0 bridgehead atoms. The fourth-order valence-corrected chi connectivity index (χ4v) is 1.32. The molecule has 0 saturated heterocycles. The Labute approximate surface area is 102 Å². The van der Waals surface area contributed by atoms with Crippen molar-refractivity contribution >= 4 is 22.5 Å². The van der Waals surface area contributed by atoms with Gasteiger partial charge in [-0.15, -0.1) is 0 Å². The molecule has 17 heavy (non-hydrogen) atoms. The Morgan fingerprint density at radius 2 is 2.18 bits per heavy atom. The molecule has 1 aromatic rings. The van der Waals surface area contributed by atoms with E-state index >= 15 is 0 Å². The number of nitrogens with zero attached hydrogens (tertiary/aromatic N) is 1. The van der Waals surface area contributed by atoms with E-state index in [2.05, 4.69) is 0 Å². The fourth-order valence-electron chi connectivity index (χ4n) is 1.16. The van der Waals surface area contributed by atoms with Crippen LogP contribution in [0.3, 0.4) is 0 Å². The van der Waals surface area contributed by atoms with E-state index < -0.39 is 10.2 Å². The van der Waals surface area contributed by atoms with Gasteiger partial charge in [0.2, 0.25) is 0 Å². The maximum atomic E-state index is 11.0. The molecule has 0 unspecified atom stereocenters. The quantitative estimate of drug-likeness (QED) is 0.338. The third kappa shape index (κ3) is 3.69. The minimum absolute atomic E-state index is 0.188. The average molecular weight is 260 g/mol. The minimum Gasteiger partial charge on any atom is -0.491 e. The minimum atomic E-state index is -0.895. The lowest BCUT2D eigenvalue weighted by molar-refractivity contribution is -0.385. The summed E-state index contributed by atoms with van der Waals surface area (Å²) >= 11 is 5.26. The summed E-state index contributed by atoms with van der Waals surface area (Å²) in [6.07, 6.45) is 0. The zero-order valence-electron chi connectivity index (χ0n) is 9.01. The highest BCUT2D eigenvalue weighted by Gasteiger charge is 2.19. The van der Waals surface area contributed by atoms with Crippen LogP contribution in [0.15, 0.2) is 18.2 Å². The molecule has 7 heteroatoms. The number of carbonyl (C=O) groups is 1. The van der Waals surface area contributed by atoms with E-state index in [1.165, 1.54) is 25.3 Å². The molecule has 6 nitrogen and oxygen atoms in total. The molecule has 0 atom stereocenters. The van der Waals surface area contributed by atoms with Gasteiger partial charge in [0.25, 0.3) is 10.9 Å². The standard InChI is InChI=1S/C10H10ClNO5/c1-16-4-5-17-7-2-3-9(12(14)15)8(6-7)10(11)13/h2-3,6H,4-5H2,1H3. The molecule has 1 rings (SSSR count). The van der Waals surface area contributed by atoms with Crippen LogP contribution in [0, 0.1) is 10.1 Å². The lowest BCUT2D eigenvalue weighted by Crippen LogP contribution is -2.05. The second-order valence-corrected chi connectivity index (χ2v) is 3.39. The summed E-state index contributed by atoms with van der Waals surface area (Å²) in [4.78, 5) is 21.0. The number of nitro benzene ring substituents is 1. The summed E-state index contributed by atoms with van der Waals surface area (Å²) < 4.78 is 9.99. The topological polar surface area (TPSA) is 78.7 Å². The number of halogens is 1. The van der Waals surface area contributed by atoms with Crippen LogP contribution in [0.25, 0.3) is 0 Å². The van der Waals surface area contributed by atoms with Gasteiger partial charge in [-0.25, -0.2) is 0 Å². The van der Waals surface area contributed by atoms with Crippen LogP contribution < -0.4 is 4.74 Å². The van der Waals surface area contributed by atoms with Crippen LogP contribution in [0.5, 0.6) is 5.75 Å². The number of rotatable bonds is 6. The van der Waals surface area contributed by atoms with Crippen molar-refractivity contribution in [2.75, 3.05) is 20.3 Å². The van der Waals surface area contributed by atoms with Crippen LogP contribution in [-0.4, -0.2) is 30.5 Å². The molecule has 0 saturated carbocycles. The first-order chi connectivity index (χ1) is 8.06. The van der Waals surface area contributed by atoms with Gasteiger partial charge in [-0.3, -0.25) is 14.9 Å². The zero-order valence-corrected chi connectivity index (χ0v) is 9.77. The highest BCUT2D eigenvalue weighted by Crippen LogP contribution is 2.25. The van der Waals surface area contributed by atoms with Crippen molar-refractivity contribution < 1.29 is 19.2 Å². The molecule has 1 aromatic carbocycles. The highest BCUT2D eigenvalue weighted by atomic mass is 35.5. The second-order valence-electron chi connectivity index (χ2n) is 3.05. The van der Waals surface area contributed by atoms with Crippen molar-refractivity contribution in [1.29, 1.82) is 0 Å². The van der Waals surface area contributed by atoms with Gasteiger partial charge in [-0.1, -0.05) is 0 Å². The van der Waals surface area contributed by atoms with Gasteiger partial charge < -0.3 is 9.47 Å². The predicted molar refractivity (Wildman–Crippen MR) is 60.7 cm³/mol. The van der Waals surface area contributed by atoms with Gasteiger partial charge in [0.1, 0.15) is 17.9 Å². The van der Waals surface area contributed by atoms with Crippen LogP contribution >= 0.6 is 11.6 Å². The van der Waals surface area contributed by atoms with Gasteiger partial charge in [-0.2, -0.15) is 0 Å². The summed E-state index contributed by atoms with van der Waals surface area (Å²) in [6, 6.07) is 3.82. The van der Waals surface area contributed by atoms with E-state index in [0.29, 0.717) is 12.4 Å². The number of hydrogen-bond acceptors (Lipinski definition) is 5. The van der Waals surface area contributed by atoms with Gasteiger partial charge in [0.15, 0.2) is 0 Å². The lowest BCUT2D eigenvalue weighted by Gasteiger charge is -2.06. The monoisotopic (exact) mass is 259 g/mol. The van der Waals surface area contributed by atoms with E-state index in [4.69, 9.17) is 21.1 Å². The number of methoxy groups -OCH3 is 1. The first kappa shape index (κ1) is 13.4. The van der Waals surface area contributed by atoms with E-state index in [0.717, 1.165) is 0 Å². The van der Waals surface area contributed by atoms with E-state index in [-0.39, 0.29) is 17.9 Å². The molecule has 0 N–H and O–H groups in total. The Kier molecular flexibility index (Phi) is 4.86. The second kappa shape index (κ2) is 6.17. The van der Waals surface area contributed by atoms with Gasteiger partial charge in [-0.05, 0) is 23.7 Å². The molecule has 0 aliphatic heterocycles. The van der Waals surface area contributed by atoms with Crippen molar-refractivity contribution in [3.63, 3.8) is 0 Å². The van der Waals surface area contributed by atoms with Gasteiger partial charge >= 0.3 is 0 Å². The van der Waals surface area contributed by atoms with Crippen molar-refractivity contribution in [3.8, 4) is 5.75 Å². The smallest absolute Gasteiger partial charge is 0.281 e.